The van der Waals surface area contributed by atoms with Crippen molar-refractivity contribution in [2.75, 3.05) is 7.05 Å². The first-order valence-corrected chi connectivity index (χ1v) is 10.4. The van der Waals surface area contributed by atoms with Crippen LogP contribution in [0.3, 0.4) is 0 Å². The molecule has 2 aromatic heterocycles. The van der Waals surface area contributed by atoms with Gasteiger partial charge in [0, 0.05) is 16.0 Å². The molecule has 2 aromatic carbocycles. The van der Waals surface area contributed by atoms with Crippen LogP contribution in [0.1, 0.15) is 21.8 Å². The summed E-state index contributed by atoms with van der Waals surface area (Å²) >= 11 is 1.54. The fourth-order valence-electron chi connectivity index (χ4n) is 3.63. The molecule has 4 aromatic rings. The topological polar surface area (TPSA) is 50.2 Å². The minimum absolute atomic E-state index is 0.122. The second-order valence-electron chi connectivity index (χ2n) is 7.49. The first kappa shape index (κ1) is 19.5. The van der Waals surface area contributed by atoms with Gasteiger partial charge in [-0.15, -0.1) is 11.3 Å². The summed E-state index contributed by atoms with van der Waals surface area (Å²) in [4.78, 5) is 23.4. The molecule has 0 fully saturated rings. The van der Waals surface area contributed by atoms with Crippen molar-refractivity contribution in [1.82, 2.24) is 9.97 Å². The summed E-state index contributed by atoms with van der Waals surface area (Å²) in [5.74, 6) is 0.411. The molecule has 0 saturated carbocycles. The minimum atomic E-state index is -0.208. The molecule has 0 amide bonds. The summed E-state index contributed by atoms with van der Waals surface area (Å²) in [6, 6.07) is 15.0. The Labute approximate surface area is 172 Å². The van der Waals surface area contributed by atoms with E-state index in [1.54, 1.807) is 12.1 Å². The highest BCUT2D eigenvalue weighted by Gasteiger charge is 2.18. The van der Waals surface area contributed by atoms with Crippen LogP contribution >= 0.6 is 11.3 Å². The van der Waals surface area contributed by atoms with Gasteiger partial charge in [-0.05, 0) is 25.5 Å². The maximum atomic E-state index is 13.9. The van der Waals surface area contributed by atoms with E-state index in [2.05, 4.69) is 17.1 Å². The summed E-state index contributed by atoms with van der Waals surface area (Å²) in [5, 5.41) is 0.645. The molecule has 29 heavy (non-hydrogen) atoms. The van der Waals surface area contributed by atoms with Crippen molar-refractivity contribution in [3.05, 3.63) is 86.5 Å². The Morgan fingerprint density at radius 1 is 1.07 bits per heavy atom. The lowest BCUT2D eigenvalue weighted by Gasteiger charge is -2.14. The smallest absolute Gasteiger partial charge is 0.260 e. The quantitative estimate of drug-likeness (QED) is 0.530. The number of fused-ring (bicyclic) bond motifs is 1. The molecule has 0 aliphatic rings. The Kier molecular flexibility index (Phi) is 5.30. The van der Waals surface area contributed by atoms with Gasteiger partial charge in [-0.25, -0.2) is 9.37 Å². The zero-order valence-corrected chi connectivity index (χ0v) is 17.5. The number of halogens is 1. The van der Waals surface area contributed by atoms with Crippen LogP contribution in [-0.2, 0) is 13.1 Å². The van der Waals surface area contributed by atoms with Gasteiger partial charge in [0.2, 0.25) is 0 Å². The number of nitrogens with zero attached hydrogens (tertiary/aromatic N) is 1. The van der Waals surface area contributed by atoms with Crippen molar-refractivity contribution >= 4 is 21.6 Å². The van der Waals surface area contributed by atoms with E-state index >= 15 is 0 Å². The van der Waals surface area contributed by atoms with Gasteiger partial charge in [0.25, 0.3) is 5.56 Å². The van der Waals surface area contributed by atoms with Gasteiger partial charge in [-0.2, -0.15) is 0 Å². The molecule has 148 valence electrons. The lowest BCUT2D eigenvalue weighted by Crippen LogP contribution is -3.06. The number of aromatic amines is 1. The fourth-order valence-corrected chi connectivity index (χ4v) is 4.69. The number of benzene rings is 2. The Hall–Kier alpha value is -2.83. The summed E-state index contributed by atoms with van der Waals surface area (Å²) in [6.45, 7) is 5.10. The van der Waals surface area contributed by atoms with Crippen LogP contribution in [-0.4, -0.2) is 17.0 Å². The number of aryl methyl sites for hydroxylation is 2. The molecule has 0 radical (unpaired) electrons. The molecule has 0 spiro atoms. The summed E-state index contributed by atoms with van der Waals surface area (Å²) in [5.41, 5.74) is 3.70. The monoisotopic (exact) mass is 408 g/mol. The number of hydrogen-bond acceptors (Lipinski definition) is 3. The molecule has 2 heterocycles. The number of nitrogens with one attached hydrogen (secondary N) is 2. The minimum Gasteiger partial charge on any atom is -0.327 e. The van der Waals surface area contributed by atoms with Crippen molar-refractivity contribution in [3.63, 3.8) is 0 Å². The molecule has 0 saturated heterocycles. The predicted octanol–water partition coefficient (Wildman–Crippen LogP) is 3.62. The number of H-pyrrole nitrogens is 1. The standard InChI is InChI=1S/C23H22FN3OS/c1-14-8-10-16(11-9-14)20-15(2)29-23-21(20)22(28)25-19(26-23)13-27(3)12-17-6-4-5-7-18(17)24/h4-11H,12-13H2,1-3H3,(H,25,26,28)/p+1. The van der Waals surface area contributed by atoms with Crippen LogP contribution in [0.2, 0.25) is 0 Å². The molecule has 6 heteroatoms. The molecular weight excluding hydrogens is 385 g/mol. The maximum Gasteiger partial charge on any atom is 0.260 e. The van der Waals surface area contributed by atoms with E-state index in [0.29, 0.717) is 29.9 Å². The third-order valence-corrected chi connectivity index (χ3v) is 6.05. The first-order chi connectivity index (χ1) is 13.9. The molecular formula is C23H23FN3OS+. The SMILES string of the molecule is Cc1ccc(-c2c(C)sc3nc(C[NH+](C)Cc4ccccc4F)[nH]c(=O)c23)cc1. The number of rotatable bonds is 5. The largest absolute Gasteiger partial charge is 0.327 e. The highest BCUT2D eigenvalue weighted by molar-refractivity contribution is 7.19. The normalized spacial score (nSPS) is 12.4. The molecule has 4 nitrogen and oxygen atoms in total. The average molecular weight is 409 g/mol. The van der Waals surface area contributed by atoms with Gasteiger partial charge >= 0.3 is 0 Å². The van der Waals surface area contributed by atoms with Crippen molar-refractivity contribution in [2.24, 2.45) is 0 Å². The molecule has 0 aliphatic carbocycles. The van der Waals surface area contributed by atoms with Crippen LogP contribution in [0.15, 0.2) is 53.3 Å². The average Bonchev–Trinajstić information content (AvgIpc) is 3.00. The van der Waals surface area contributed by atoms with E-state index in [0.717, 1.165) is 25.7 Å². The Bertz CT molecular complexity index is 1230. The van der Waals surface area contributed by atoms with Gasteiger partial charge < -0.3 is 9.88 Å². The van der Waals surface area contributed by atoms with Gasteiger partial charge in [0.05, 0.1) is 12.4 Å². The van der Waals surface area contributed by atoms with E-state index in [1.165, 1.54) is 23.0 Å². The summed E-state index contributed by atoms with van der Waals surface area (Å²) < 4.78 is 13.9. The number of thiophene rings is 1. The number of aromatic nitrogens is 2. The van der Waals surface area contributed by atoms with Gasteiger partial charge in [0.1, 0.15) is 23.7 Å². The predicted molar refractivity (Wildman–Crippen MR) is 116 cm³/mol. The van der Waals surface area contributed by atoms with Crippen LogP contribution < -0.4 is 10.5 Å². The zero-order valence-electron chi connectivity index (χ0n) is 16.7. The Morgan fingerprint density at radius 3 is 2.52 bits per heavy atom. The maximum absolute atomic E-state index is 13.9. The Balaban J connectivity index is 1.65. The van der Waals surface area contributed by atoms with Crippen LogP contribution in [0.5, 0.6) is 0 Å². The van der Waals surface area contributed by atoms with Crippen LogP contribution in [0.25, 0.3) is 21.3 Å². The third kappa shape index (κ3) is 3.99. The zero-order chi connectivity index (χ0) is 20.5. The van der Waals surface area contributed by atoms with E-state index < -0.39 is 0 Å². The molecule has 0 bridgehead atoms. The van der Waals surface area contributed by atoms with E-state index in [1.807, 2.05) is 39.1 Å². The van der Waals surface area contributed by atoms with Gasteiger partial charge in [-0.1, -0.05) is 48.0 Å². The van der Waals surface area contributed by atoms with Crippen molar-refractivity contribution in [1.29, 1.82) is 0 Å². The van der Waals surface area contributed by atoms with E-state index in [4.69, 9.17) is 4.98 Å². The molecule has 0 aliphatic heterocycles. The van der Waals surface area contributed by atoms with Crippen molar-refractivity contribution in [3.8, 4) is 11.1 Å². The lowest BCUT2D eigenvalue weighted by atomic mass is 10.0. The first-order valence-electron chi connectivity index (χ1n) is 9.56. The molecule has 4 rings (SSSR count). The van der Waals surface area contributed by atoms with Crippen LogP contribution in [0, 0.1) is 19.7 Å². The highest BCUT2D eigenvalue weighted by atomic mass is 32.1. The van der Waals surface area contributed by atoms with Crippen molar-refractivity contribution in [2.45, 2.75) is 26.9 Å². The molecule has 2 N–H and O–H groups in total. The Morgan fingerprint density at radius 2 is 1.79 bits per heavy atom. The molecule has 1 unspecified atom stereocenters. The lowest BCUT2D eigenvalue weighted by molar-refractivity contribution is -0.908. The van der Waals surface area contributed by atoms with E-state index in [-0.39, 0.29) is 11.4 Å². The van der Waals surface area contributed by atoms with Gasteiger partial charge in [0.15, 0.2) is 5.82 Å². The number of hydrogen-bond donors (Lipinski definition) is 2. The highest BCUT2D eigenvalue weighted by Crippen LogP contribution is 2.35. The second-order valence-corrected chi connectivity index (χ2v) is 8.70. The molecule has 1 atom stereocenters. The number of quaternary nitrogens is 1. The van der Waals surface area contributed by atoms with E-state index in [9.17, 15) is 9.18 Å². The second kappa shape index (κ2) is 7.89. The summed E-state index contributed by atoms with van der Waals surface area (Å²) in [6.07, 6.45) is 0. The van der Waals surface area contributed by atoms with Gasteiger partial charge in [-0.3, -0.25) is 4.79 Å². The van der Waals surface area contributed by atoms with Crippen molar-refractivity contribution < 1.29 is 9.29 Å². The summed E-state index contributed by atoms with van der Waals surface area (Å²) in [7, 11) is 1.97. The third-order valence-electron chi connectivity index (χ3n) is 5.05. The van der Waals surface area contributed by atoms with Crippen LogP contribution in [0.4, 0.5) is 4.39 Å². The fraction of sp³-hybridized carbons (Fsp3) is 0.217.